The van der Waals surface area contributed by atoms with Crippen molar-refractivity contribution in [1.82, 2.24) is 5.32 Å². The molecular weight excluding hydrogens is 302 g/mol. The first-order chi connectivity index (χ1) is 10.6. The molecule has 22 heavy (non-hydrogen) atoms. The summed E-state index contributed by atoms with van der Waals surface area (Å²) in [5, 5.41) is 11.8. The molecule has 2 atom stereocenters. The highest BCUT2D eigenvalue weighted by atomic mass is 32.2. The van der Waals surface area contributed by atoms with Crippen LogP contribution in [-0.4, -0.2) is 40.3 Å². The van der Waals surface area contributed by atoms with Gasteiger partial charge in [0.25, 0.3) is 0 Å². The minimum absolute atomic E-state index is 0.00482. The van der Waals surface area contributed by atoms with Gasteiger partial charge in [-0.25, -0.2) is 0 Å². The minimum Gasteiger partial charge on any atom is -0.481 e. The standard InChI is InChI=1S/C16H19NO4S/c18-14(11-4-2-1-3-5-11)9-22-10-15(19)17-13-7-6-12(8-13)16(20)21/h1-5,12-13H,6-10H2,(H,17,19)(H,20,21)/t12-,13+/m0/s1. The molecule has 1 saturated carbocycles. The highest BCUT2D eigenvalue weighted by molar-refractivity contribution is 8.00. The molecule has 0 bridgehead atoms. The molecule has 0 saturated heterocycles. The van der Waals surface area contributed by atoms with Crippen molar-refractivity contribution in [3.05, 3.63) is 35.9 Å². The summed E-state index contributed by atoms with van der Waals surface area (Å²) in [6.07, 6.45) is 1.81. The predicted molar refractivity (Wildman–Crippen MR) is 85.0 cm³/mol. The number of nitrogens with one attached hydrogen (secondary N) is 1. The van der Waals surface area contributed by atoms with E-state index < -0.39 is 5.97 Å². The van der Waals surface area contributed by atoms with E-state index in [1.807, 2.05) is 18.2 Å². The van der Waals surface area contributed by atoms with E-state index in [1.54, 1.807) is 12.1 Å². The Kier molecular flexibility index (Phi) is 6.00. The Bertz CT molecular complexity index is 546. The summed E-state index contributed by atoms with van der Waals surface area (Å²) in [5.74, 6) is -0.795. The van der Waals surface area contributed by atoms with Gasteiger partial charge in [-0.15, -0.1) is 11.8 Å². The van der Waals surface area contributed by atoms with Crippen molar-refractivity contribution >= 4 is 29.4 Å². The number of hydrogen-bond donors (Lipinski definition) is 2. The van der Waals surface area contributed by atoms with Crippen LogP contribution in [0.15, 0.2) is 30.3 Å². The molecule has 0 spiro atoms. The maximum Gasteiger partial charge on any atom is 0.306 e. The fourth-order valence-electron chi connectivity index (χ4n) is 2.55. The third kappa shape index (κ3) is 4.87. The highest BCUT2D eigenvalue weighted by Gasteiger charge is 2.30. The van der Waals surface area contributed by atoms with Gasteiger partial charge in [-0.3, -0.25) is 14.4 Å². The maximum atomic E-state index is 11.9. The molecule has 0 aliphatic heterocycles. The Morgan fingerprint density at radius 1 is 1.14 bits per heavy atom. The van der Waals surface area contributed by atoms with Gasteiger partial charge in [-0.05, 0) is 19.3 Å². The molecule has 1 aliphatic rings. The van der Waals surface area contributed by atoms with Crippen molar-refractivity contribution in [3.63, 3.8) is 0 Å². The summed E-state index contributed by atoms with van der Waals surface area (Å²) in [7, 11) is 0. The van der Waals surface area contributed by atoms with E-state index in [1.165, 1.54) is 11.8 Å². The summed E-state index contributed by atoms with van der Waals surface area (Å²) in [4.78, 5) is 34.5. The van der Waals surface area contributed by atoms with Gasteiger partial charge in [-0.2, -0.15) is 0 Å². The van der Waals surface area contributed by atoms with Gasteiger partial charge in [0.05, 0.1) is 17.4 Å². The van der Waals surface area contributed by atoms with Crippen LogP contribution in [-0.2, 0) is 9.59 Å². The average Bonchev–Trinajstić information content (AvgIpc) is 2.96. The number of thioether (sulfide) groups is 1. The van der Waals surface area contributed by atoms with Crippen LogP contribution >= 0.6 is 11.8 Å². The van der Waals surface area contributed by atoms with Crippen LogP contribution in [0.25, 0.3) is 0 Å². The van der Waals surface area contributed by atoms with Crippen molar-refractivity contribution in [1.29, 1.82) is 0 Å². The lowest BCUT2D eigenvalue weighted by Gasteiger charge is -2.12. The fourth-order valence-corrected chi connectivity index (χ4v) is 3.27. The maximum absolute atomic E-state index is 11.9. The third-order valence-electron chi connectivity index (χ3n) is 3.71. The Morgan fingerprint density at radius 3 is 2.50 bits per heavy atom. The summed E-state index contributed by atoms with van der Waals surface area (Å²) < 4.78 is 0. The van der Waals surface area contributed by atoms with Gasteiger partial charge in [0, 0.05) is 11.6 Å². The van der Waals surface area contributed by atoms with Gasteiger partial charge in [0.2, 0.25) is 5.91 Å². The van der Waals surface area contributed by atoms with Crippen LogP contribution in [0.2, 0.25) is 0 Å². The average molecular weight is 321 g/mol. The normalized spacial score (nSPS) is 20.5. The Morgan fingerprint density at radius 2 is 1.86 bits per heavy atom. The first-order valence-electron chi connectivity index (χ1n) is 7.24. The zero-order valence-electron chi connectivity index (χ0n) is 12.2. The van der Waals surface area contributed by atoms with E-state index in [-0.39, 0.29) is 35.2 Å². The number of rotatable bonds is 7. The van der Waals surface area contributed by atoms with Crippen LogP contribution in [0.5, 0.6) is 0 Å². The molecule has 5 nitrogen and oxygen atoms in total. The van der Waals surface area contributed by atoms with Crippen LogP contribution in [0, 0.1) is 5.92 Å². The third-order valence-corrected chi connectivity index (χ3v) is 4.64. The molecule has 1 amide bonds. The van der Waals surface area contributed by atoms with Crippen LogP contribution in [0.4, 0.5) is 0 Å². The quantitative estimate of drug-likeness (QED) is 0.750. The lowest BCUT2D eigenvalue weighted by molar-refractivity contribution is -0.141. The molecule has 1 aromatic carbocycles. The number of amides is 1. The number of benzene rings is 1. The second-order valence-electron chi connectivity index (χ2n) is 5.39. The van der Waals surface area contributed by atoms with Crippen LogP contribution in [0.1, 0.15) is 29.6 Å². The molecule has 118 valence electrons. The molecule has 1 aliphatic carbocycles. The number of carbonyl (C=O) groups excluding carboxylic acids is 2. The van der Waals surface area contributed by atoms with Gasteiger partial charge in [0.15, 0.2) is 5.78 Å². The monoisotopic (exact) mass is 321 g/mol. The molecule has 2 N–H and O–H groups in total. The van der Waals surface area contributed by atoms with E-state index in [0.717, 1.165) is 0 Å². The summed E-state index contributed by atoms with van der Waals surface area (Å²) in [6.45, 7) is 0. The summed E-state index contributed by atoms with van der Waals surface area (Å²) in [6, 6.07) is 8.93. The number of ketones is 1. The van der Waals surface area contributed by atoms with Crippen molar-refractivity contribution in [2.75, 3.05) is 11.5 Å². The molecule has 0 unspecified atom stereocenters. The van der Waals surface area contributed by atoms with Crippen molar-refractivity contribution in [2.45, 2.75) is 25.3 Å². The summed E-state index contributed by atoms with van der Waals surface area (Å²) in [5.41, 5.74) is 0.649. The molecule has 1 fully saturated rings. The predicted octanol–water partition coefficient (Wildman–Crippen LogP) is 1.97. The number of Topliss-reactive ketones (excluding diaryl/α,β-unsaturated/α-hetero) is 1. The first kappa shape index (κ1) is 16.5. The lowest BCUT2D eigenvalue weighted by atomic mass is 10.1. The molecular formula is C16H19NO4S. The van der Waals surface area contributed by atoms with Crippen molar-refractivity contribution in [3.8, 4) is 0 Å². The summed E-state index contributed by atoms with van der Waals surface area (Å²) >= 11 is 1.28. The molecule has 0 aromatic heterocycles. The van der Waals surface area contributed by atoms with E-state index in [2.05, 4.69) is 5.32 Å². The van der Waals surface area contributed by atoms with Gasteiger partial charge in [-0.1, -0.05) is 30.3 Å². The Hall–Kier alpha value is -1.82. The minimum atomic E-state index is -0.792. The Labute approximate surface area is 133 Å². The second-order valence-corrected chi connectivity index (χ2v) is 6.38. The number of carbonyl (C=O) groups is 3. The van der Waals surface area contributed by atoms with E-state index >= 15 is 0 Å². The zero-order valence-corrected chi connectivity index (χ0v) is 13.0. The zero-order chi connectivity index (χ0) is 15.9. The van der Waals surface area contributed by atoms with Gasteiger partial charge < -0.3 is 10.4 Å². The fraction of sp³-hybridized carbons (Fsp3) is 0.438. The molecule has 0 heterocycles. The molecule has 2 rings (SSSR count). The molecule has 0 radical (unpaired) electrons. The topological polar surface area (TPSA) is 83.5 Å². The second kappa shape index (κ2) is 7.98. The largest absolute Gasteiger partial charge is 0.481 e. The number of aliphatic carboxylic acids is 1. The van der Waals surface area contributed by atoms with Crippen molar-refractivity contribution < 1.29 is 19.5 Å². The Balaban J connectivity index is 1.66. The van der Waals surface area contributed by atoms with Crippen LogP contribution in [0.3, 0.4) is 0 Å². The van der Waals surface area contributed by atoms with E-state index in [4.69, 9.17) is 5.11 Å². The number of carboxylic acid groups (broad SMARTS) is 1. The van der Waals surface area contributed by atoms with Crippen LogP contribution < -0.4 is 5.32 Å². The van der Waals surface area contributed by atoms with E-state index in [0.29, 0.717) is 24.8 Å². The number of carboxylic acids is 1. The lowest BCUT2D eigenvalue weighted by Crippen LogP contribution is -2.34. The molecule has 1 aromatic rings. The van der Waals surface area contributed by atoms with E-state index in [9.17, 15) is 14.4 Å². The van der Waals surface area contributed by atoms with Gasteiger partial charge in [0.1, 0.15) is 0 Å². The smallest absolute Gasteiger partial charge is 0.306 e. The van der Waals surface area contributed by atoms with Crippen molar-refractivity contribution in [2.24, 2.45) is 5.92 Å². The first-order valence-corrected chi connectivity index (χ1v) is 8.40. The van der Waals surface area contributed by atoms with Gasteiger partial charge >= 0.3 is 5.97 Å². The molecule has 6 heteroatoms. The number of hydrogen-bond acceptors (Lipinski definition) is 4. The highest BCUT2D eigenvalue weighted by Crippen LogP contribution is 2.25. The SMILES string of the molecule is O=C(CSCC(=O)c1ccccc1)N[C@@H]1CC[C@H](C(=O)O)C1.